The van der Waals surface area contributed by atoms with E-state index in [-0.39, 0.29) is 17.7 Å². The van der Waals surface area contributed by atoms with Gasteiger partial charge in [0.05, 0.1) is 5.41 Å². The van der Waals surface area contributed by atoms with Crippen LogP contribution >= 0.6 is 0 Å². The van der Waals surface area contributed by atoms with E-state index in [1.807, 2.05) is 20.8 Å². The summed E-state index contributed by atoms with van der Waals surface area (Å²) in [5.74, 6) is -0.292. The van der Waals surface area contributed by atoms with E-state index in [0.717, 1.165) is 26.1 Å². The van der Waals surface area contributed by atoms with Crippen LogP contribution < -0.4 is 0 Å². The molecule has 0 radical (unpaired) electrons. The molecule has 1 N–H and O–H groups in total. The van der Waals surface area contributed by atoms with E-state index in [1.165, 1.54) is 0 Å². The molecule has 2 unspecified atom stereocenters. The van der Waals surface area contributed by atoms with Crippen molar-refractivity contribution in [1.82, 2.24) is 4.90 Å². The van der Waals surface area contributed by atoms with Crippen LogP contribution in [-0.4, -0.2) is 48.2 Å². The molecule has 5 heteroatoms. The number of hydrogen-bond donors (Lipinski definition) is 1. The lowest BCUT2D eigenvalue weighted by Gasteiger charge is -2.32. The van der Waals surface area contributed by atoms with E-state index in [2.05, 4.69) is 0 Å². The Morgan fingerprint density at radius 3 is 2.33 bits per heavy atom. The number of nitrogens with zero attached hydrogens (tertiary/aromatic N) is 1. The van der Waals surface area contributed by atoms with Crippen molar-refractivity contribution < 1.29 is 19.4 Å². The largest absolute Gasteiger partial charge is 0.481 e. The lowest BCUT2D eigenvalue weighted by molar-refractivity contribution is -0.151. The number of amides is 1. The van der Waals surface area contributed by atoms with E-state index < -0.39 is 11.4 Å². The summed E-state index contributed by atoms with van der Waals surface area (Å²) < 4.78 is 5.35. The molecule has 2 aliphatic rings. The van der Waals surface area contributed by atoms with Crippen LogP contribution in [0.3, 0.4) is 0 Å². The van der Waals surface area contributed by atoms with Gasteiger partial charge in [-0.15, -0.1) is 0 Å². The number of ether oxygens (including phenoxy) is 1. The van der Waals surface area contributed by atoms with Gasteiger partial charge in [-0.1, -0.05) is 20.8 Å². The van der Waals surface area contributed by atoms with Gasteiger partial charge < -0.3 is 14.7 Å². The molecule has 0 aromatic rings. The first-order valence-electron chi connectivity index (χ1n) is 7.98. The monoisotopic (exact) mass is 297 g/mol. The van der Waals surface area contributed by atoms with Crippen LogP contribution in [0.4, 0.5) is 0 Å². The molecule has 2 saturated heterocycles. The van der Waals surface area contributed by atoms with Gasteiger partial charge in [0, 0.05) is 32.2 Å². The number of carboxylic acid groups (broad SMARTS) is 1. The van der Waals surface area contributed by atoms with Crippen LogP contribution in [0.2, 0.25) is 0 Å². The Morgan fingerprint density at radius 1 is 1.24 bits per heavy atom. The number of hydrogen-bond acceptors (Lipinski definition) is 3. The van der Waals surface area contributed by atoms with Crippen molar-refractivity contribution in [3.63, 3.8) is 0 Å². The molecule has 0 aromatic heterocycles. The first-order valence-corrected chi connectivity index (χ1v) is 7.98. The highest BCUT2D eigenvalue weighted by atomic mass is 16.5. The molecule has 2 aliphatic heterocycles. The van der Waals surface area contributed by atoms with Gasteiger partial charge in [-0.3, -0.25) is 9.59 Å². The van der Waals surface area contributed by atoms with Crippen molar-refractivity contribution in [2.24, 2.45) is 23.2 Å². The maximum Gasteiger partial charge on any atom is 0.311 e. The van der Waals surface area contributed by atoms with E-state index >= 15 is 0 Å². The van der Waals surface area contributed by atoms with Gasteiger partial charge in [0.15, 0.2) is 0 Å². The fraction of sp³-hybridized carbons (Fsp3) is 0.875. The zero-order valence-electron chi connectivity index (χ0n) is 13.3. The molecule has 2 rings (SSSR count). The topological polar surface area (TPSA) is 66.8 Å². The molecular weight excluding hydrogens is 270 g/mol. The molecule has 0 bridgehead atoms. The molecule has 0 spiro atoms. The third kappa shape index (κ3) is 3.07. The standard InChI is InChI=1S/C16H27NO4/c1-11(2)16(15(19)20)6-7-17(10-16)14(18)12(3)13-4-8-21-9-5-13/h11-13H,4-10H2,1-3H3,(H,19,20). The van der Waals surface area contributed by atoms with E-state index in [9.17, 15) is 14.7 Å². The fourth-order valence-electron chi connectivity index (χ4n) is 3.62. The number of rotatable bonds is 4. The zero-order valence-corrected chi connectivity index (χ0v) is 13.3. The summed E-state index contributed by atoms with van der Waals surface area (Å²) in [6, 6.07) is 0. The van der Waals surface area contributed by atoms with Crippen LogP contribution in [0.25, 0.3) is 0 Å². The average molecular weight is 297 g/mol. The highest BCUT2D eigenvalue weighted by molar-refractivity contribution is 5.82. The molecule has 5 nitrogen and oxygen atoms in total. The quantitative estimate of drug-likeness (QED) is 0.862. The second-order valence-corrected chi connectivity index (χ2v) is 6.86. The van der Waals surface area contributed by atoms with Gasteiger partial charge in [0.1, 0.15) is 0 Å². The Bertz CT molecular complexity index is 403. The number of likely N-dealkylation sites (tertiary alicyclic amines) is 1. The van der Waals surface area contributed by atoms with Gasteiger partial charge in [-0.25, -0.2) is 0 Å². The molecule has 120 valence electrons. The highest BCUT2D eigenvalue weighted by Gasteiger charge is 2.49. The number of carbonyl (C=O) groups excluding carboxylic acids is 1. The van der Waals surface area contributed by atoms with Crippen LogP contribution in [0, 0.1) is 23.2 Å². The molecule has 0 saturated carbocycles. The molecule has 21 heavy (non-hydrogen) atoms. The fourth-order valence-corrected chi connectivity index (χ4v) is 3.62. The van der Waals surface area contributed by atoms with E-state index in [4.69, 9.17) is 4.74 Å². The summed E-state index contributed by atoms with van der Waals surface area (Å²) in [4.78, 5) is 26.1. The van der Waals surface area contributed by atoms with Crippen molar-refractivity contribution in [3.05, 3.63) is 0 Å². The lowest BCUT2D eigenvalue weighted by atomic mass is 9.76. The minimum atomic E-state index is -0.773. The Morgan fingerprint density at radius 2 is 1.86 bits per heavy atom. The first kappa shape index (κ1) is 16.3. The number of carboxylic acids is 1. The minimum Gasteiger partial charge on any atom is -0.481 e. The average Bonchev–Trinajstić information content (AvgIpc) is 2.93. The Kier molecular flexibility index (Phi) is 4.91. The zero-order chi connectivity index (χ0) is 15.6. The lowest BCUT2D eigenvalue weighted by Crippen LogP contribution is -2.43. The predicted molar refractivity (Wildman–Crippen MR) is 78.8 cm³/mol. The molecule has 2 heterocycles. The maximum atomic E-state index is 12.7. The van der Waals surface area contributed by atoms with Crippen molar-refractivity contribution in [1.29, 1.82) is 0 Å². The third-order valence-corrected chi connectivity index (χ3v) is 5.51. The summed E-state index contributed by atoms with van der Waals surface area (Å²) >= 11 is 0. The summed E-state index contributed by atoms with van der Waals surface area (Å²) in [6.07, 6.45) is 2.41. The van der Waals surface area contributed by atoms with Gasteiger partial charge >= 0.3 is 5.97 Å². The Labute approximate surface area is 126 Å². The highest BCUT2D eigenvalue weighted by Crippen LogP contribution is 2.39. The smallest absolute Gasteiger partial charge is 0.311 e. The summed E-state index contributed by atoms with van der Waals surface area (Å²) in [7, 11) is 0. The summed E-state index contributed by atoms with van der Waals surface area (Å²) in [6.45, 7) is 8.23. The van der Waals surface area contributed by atoms with Crippen molar-refractivity contribution in [3.8, 4) is 0 Å². The van der Waals surface area contributed by atoms with Crippen molar-refractivity contribution in [2.45, 2.75) is 40.0 Å². The SMILES string of the molecule is CC(C(=O)N1CCC(C(=O)O)(C(C)C)C1)C1CCOCC1. The first-order chi connectivity index (χ1) is 9.88. The third-order valence-electron chi connectivity index (χ3n) is 5.51. The van der Waals surface area contributed by atoms with E-state index in [0.29, 0.717) is 25.4 Å². The molecule has 0 aromatic carbocycles. The molecule has 2 fully saturated rings. The second kappa shape index (κ2) is 6.34. The Hall–Kier alpha value is -1.10. The van der Waals surface area contributed by atoms with E-state index in [1.54, 1.807) is 4.90 Å². The molecule has 1 amide bonds. The molecular formula is C16H27NO4. The van der Waals surface area contributed by atoms with Gasteiger partial charge in [-0.05, 0) is 31.1 Å². The van der Waals surface area contributed by atoms with Gasteiger partial charge in [0.2, 0.25) is 5.91 Å². The van der Waals surface area contributed by atoms with Crippen LogP contribution in [0.1, 0.15) is 40.0 Å². The molecule has 2 atom stereocenters. The van der Waals surface area contributed by atoms with Crippen molar-refractivity contribution >= 4 is 11.9 Å². The summed E-state index contributed by atoms with van der Waals surface area (Å²) in [5, 5.41) is 9.57. The van der Waals surface area contributed by atoms with Gasteiger partial charge in [0.25, 0.3) is 0 Å². The van der Waals surface area contributed by atoms with Crippen LogP contribution in [0.15, 0.2) is 0 Å². The number of carbonyl (C=O) groups is 2. The van der Waals surface area contributed by atoms with Crippen LogP contribution in [-0.2, 0) is 14.3 Å². The summed E-state index contributed by atoms with van der Waals surface area (Å²) in [5.41, 5.74) is -0.773. The second-order valence-electron chi connectivity index (χ2n) is 6.86. The number of aliphatic carboxylic acids is 1. The van der Waals surface area contributed by atoms with Crippen LogP contribution in [0.5, 0.6) is 0 Å². The maximum absolute atomic E-state index is 12.7. The molecule has 0 aliphatic carbocycles. The van der Waals surface area contributed by atoms with Crippen molar-refractivity contribution in [2.75, 3.05) is 26.3 Å². The minimum absolute atomic E-state index is 0.0335. The normalized spacial score (nSPS) is 28.9. The Balaban J connectivity index is 2.02. The van der Waals surface area contributed by atoms with Gasteiger partial charge in [-0.2, -0.15) is 0 Å². The predicted octanol–water partition coefficient (Wildman–Crippen LogP) is 2.01.